The van der Waals surface area contributed by atoms with Gasteiger partial charge in [0.05, 0.1) is 25.7 Å². The molecule has 0 bridgehead atoms. The third-order valence-corrected chi connectivity index (χ3v) is 13.9. The number of nitrogens with two attached hydrogens (primary N) is 3. The first-order valence-electron chi connectivity index (χ1n) is 26.9. The lowest BCUT2D eigenvalue weighted by molar-refractivity contribution is -0.143. The third-order valence-electron chi connectivity index (χ3n) is 13.9. The van der Waals surface area contributed by atoms with E-state index >= 15 is 0 Å². The molecule has 4 heterocycles. The Morgan fingerprint density at radius 2 is 1.16 bits per heavy atom. The van der Waals surface area contributed by atoms with Gasteiger partial charge in [0.1, 0.15) is 54.4 Å². The average Bonchev–Trinajstić information content (AvgIpc) is 4.25. The Labute approximate surface area is 475 Å². The van der Waals surface area contributed by atoms with Crippen molar-refractivity contribution in [2.45, 2.75) is 133 Å². The molecule has 0 aliphatic carbocycles. The molecule has 29 heteroatoms. The van der Waals surface area contributed by atoms with E-state index in [4.69, 9.17) is 17.2 Å². The van der Waals surface area contributed by atoms with Gasteiger partial charge >= 0.3 is 0 Å². The predicted molar refractivity (Wildman–Crippen MR) is 294 cm³/mol. The lowest BCUT2D eigenvalue weighted by atomic mass is 10.0. The van der Waals surface area contributed by atoms with Crippen molar-refractivity contribution >= 4 is 87.7 Å². The number of para-hydroxylation sites is 1. The summed E-state index contributed by atoms with van der Waals surface area (Å²) in [7, 11) is 0. The van der Waals surface area contributed by atoms with Crippen LogP contribution in [0, 0.1) is 5.92 Å². The van der Waals surface area contributed by atoms with Crippen LogP contribution in [0.25, 0.3) is 10.9 Å². The van der Waals surface area contributed by atoms with Crippen molar-refractivity contribution in [3.8, 4) is 0 Å². The second-order valence-electron chi connectivity index (χ2n) is 20.7. The van der Waals surface area contributed by atoms with Gasteiger partial charge in [0.25, 0.3) is 0 Å². The number of rotatable bonds is 14. The fraction of sp³-hybridized carbons (Fsp3) is 0.444. The largest absolute Gasteiger partial charge is 0.370 e. The van der Waals surface area contributed by atoms with Gasteiger partial charge in [0.15, 0.2) is 0 Å². The highest BCUT2D eigenvalue weighted by atomic mass is 16.2. The number of carbonyl (C=O) groups is 13. The zero-order valence-electron chi connectivity index (χ0n) is 45.9. The van der Waals surface area contributed by atoms with E-state index in [0.29, 0.717) is 34.1 Å². The summed E-state index contributed by atoms with van der Waals surface area (Å²) in [5, 5.41) is 23.2. The van der Waals surface area contributed by atoms with Crippen LogP contribution in [0.15, 0.2) is 73.3 Å². The second-order valence-corrected chi connectivity index (χ2v) is 20.7. The SMILES string of the molecule is CC(C)[C@@H]1NC(=O)CNC(=O)[C@H](Cc2ccccc2)NC(=O)[C@H](CC(N)=O)NC(=O)[C@H](CCC(N)=O)NC(=O)[C@H](Cc2c[nH]c3ccccc23)NC(=O)[C@H](Cc2cnc[nH]2)NC(=O)[C@H](C)NC(=O)[C@H](CC(N)=O)NC(=O)[C@@H]2CCCN2C1=O. The molecule has 0 unspecified atom stereocenters. The number of aromatic nitrogens is 3. The molecule has 2 aromatic heterocycles. The Balaban J connectivity index is 1.39. The minimum absolute atomic E-state index is 0.0461. The van der Waals surface area contributed by atoms with Gasteiger partial charge in [0.2, 0.25) is 76.8 Å². The monoisotopic (exact) mass is 1150 g/mol. The number of amides is 13. The fourth-order valence-corrected chi connectivity index (χ4v) is 9.53. The molecule has 2 fully saturated rings. The van der Waals surface area contributed by atoms with E-state index in [1.54, 1.807) is 74.6 Å². The highest BCUT2D eigenvalue weighted by Crippen LogP contribution is 2.22. The van der Waals surface area contributed by atoms with E-state index in [2.05, 4.69) is 62.8 Å². The number of primary amides is 3. The normalized spacial score (nSPS) is 24.4. The van der Waals surface area contributed by atoms with E-state index < -0.39 is 169 Å². The molecule has 0 saturated carbocycles. The molecule has 0 spiro atoms. The van der Waals surface area contributed by atoms with E-state index in [0.717, 1.165) is 0 Å². The Kier molecular flexibility index (Phi) is 21.9. The van der Waals surface area contributed by atoms with Crippen molar-refractivity contribution < 1.29 is 62.3 Å². The number of aromatic amines is 2. The number of hydrogen-bond donors (Lipinski definition) is 14. The summed E-state index contributed by atoms with van der Waals surface area (Å²) in [4.78, 5) is 190. The van der Waals surface area contributed by atoms with Gasteiger partial charge in [-0.3, -0.25) is 62.3 Å². The minimum atomic E-state index is -1.83. The van der Waals surface area contributed by atoms with Crippen molar-refractivity contribution in [2.75, 3.05) is 13.1 Å². The Morgan fingerprint density at radius 1 is 0.602 bits per heavy atom. The first-order chi connectivity index (χ1) is 39.5. The number of nitrogens with one attached hydrogen (secondary N) is 11. The Morgan fingerprint density at radius 3 is 1.78 bits per heavy atom. The molecule has 83 heavy (non-hydrogen) atoms. The van der Waals surface area contributed by atoms with Gasteiger partial charge in [-0.15, -0.1) is 0 Å². The molecule has 2 aliphatic heterocycles. The number of imidazole rings is 1. The lowest BCUT2D eigenvalue weighted by Gasteiger charge is -2.31. The molecular weight excluding hydrogens is 1080 g/mol. The maximum absolute atomic E-state index is 14.7. The molecular formula is C54H70N16O13. The van der Waals surface area contributed by atoms with Crippen molar-refractivity contribution in [2.24, 2.45) is 23.1 Å². The fourth-order valence-electron chi connectivity index (χ4n) is 9.53. The van der Waals surface area contributed by atoms with Gasteiger partial charge in [-0.05, 0) is 49.3 Å². The Bertz CT molecular complexity index is 3060. The predicted octanol–water partition coefficient (Wildman–Crippen LogP) is -4.39. The summed E-state index contributed by atoms with van der Waals surface area (Å²) in [6.45, 7) is 3.80. The highest BCUT2D eigenvalue weighted by molar-refractivity contribution is 6.01. The molecule has 444 valence electrons. The van der Waals surface area contributed by atoms with E-state index in [1.807, 2.05) is 0 Å². The summed E-state index contributed by atoms with van der Waals surface area (Å²) in [5.41, 5.74) is 18.6. The summed E-state index contributed by atoms with van der Waals surface area (Å²) in [6.07, 6.45) is 1.35. The van der Waals surface area contributed by atoms with Gasteiger partial charge < -0.3 is 79.9 Å². The van der Waals surface area contributed by atoms with Gasteiger partial charge in [0, 0.05) is 61.2 Å². The third kappa shape index (κ3) is 17.9. The van der Waals surface area contributed by atoms with Crippen LogP contribution in [-0.4, -0.2) is 164 Å². The molecule has 4 aromatic rings. The van der Waals surface area contributed by atoms with Crippen molar-refractivity contribution in [1.29, 1.82) is 0 Å². The van der Waals surface area contributed by atoms with Crippen LogP contribution < -0.4 is 65.1 Å². The molecule has 2 aromatic carbocycles. The van der Waals surface area contributed by atoms with Crippen LogP contribution in [0.3, 0.4) is 0 Å². The van der Waals surface area contributed by atoms with Gasteiger partial charge in [-0.25, -0.2) is 4.98 Å². The topological polar surface area (TPSA) is 456 Å². The zero-order chi connectivity index (χ0) is 60.5. The Hall–Kier alpha value is -9.70. The molecule has 17 N–H and O–H groups in total. The van der Waals surface area contributed by atoms with Crippen molar-refractivity contribution in [3.05, 3.63) is 90.1 Å². The molecule has 9 atom stereocenters. The molecule has 2 saturated heterocycles. The molecule has 29 nitrogen and oxygen atoms in total. The number of hydrogen-bond acceptors (Lipinski definition) is 14. The number of carbonyl (C=O) groups excluding carboxylic acids is 13. The van der Waals surface area contributed by atoms with E-state index in [1.165, 1.54) is 24.3 Å². The van der Waals surface area contributed by atoms with Crippen molar-refractivity contribution in [1.82, 2.24) is 67.7 Å². The number of nitrogens with zero attached hydrogens (tertiary/aromatic N) is 2. The van der Waals surface area contributed by atoms with E-state index in [9.17, 15) is 62.3 Å². The van der Waals surface area contributed by atoms with Crippen LogP contribution >= 0.6 is 0 Å². The number of H-pyrrole nitrogens is 2. The standard InChI is InChI=1S/C54H70N16O13/c1-27(2)45-54(83)70-17-9-14-40(70)53(82)68-38(21-42(56)72)49(78)62-28(3)46(75)64-37(20-31-24-58-26-61-31)51(80)66-36(19-30-23-59-33-13-8-7-12-32(30)33)50(79)63-34(15-16-41(55)71)48(77)67-39(22-43(57)73)52(81)65-35(18-29-10-5-4-6-11-29)47(76)60-25-44(74)69-45/h4-8,10-13,23-24,26-28,34-40,45,59H,9,14-22,25H2,1-3H3,(H2,55,71)(H2,56,72)(H2,57,73)(H,58,61)(H,60,76)(H,62,78)(H,63,79)(H,64,75)(H,65,81)(H,66,80)(H,67,77)(H,68,82)(H,69,74)/t28-,34-,35-,36-,37-,38-,39-,40-,45-/m0/s1. The first-order valence-corrected chi connectivity index (χ1v) is 26.9. The second kappa shape index (κ2) is 29.1. The summed E-state index contributed by atoms with van der Waals surface area (Å²) in [5.74, 6) is -13.2. The summed E-state index contributed by atoms with van der Waals surface area (Å²) in [6, 6.07) is 1.51. The summed E-state index contributed by atoms with van der Waals surface area (Å²) >= 11 is 0. The van der Waals surface area contributed by atoms with Crippen LogP contribution in [0.2, 0.25) is 0 Å². The van der Waals surface area contributed by atoms with Crippen LogP contribution in [0.5, 0.6) is 0 Å². The lowest BCUT2D eigenvalue weighted by Crippen LogP contribution is -2.61. The zero-order valence-corrected chi connectivity index (χ0v) is 45.9. The maximum atomic E-state index is 14.7. The quantitative estimate of drug-likeness (QED) is 0.0568. The minimum Gasteiger partial charge on any atom is -0.370 e. The highest BCUT2D eigenvalue weighted by Gasteiger charge is 2.41. The number of fused-ring (bicyclic) bond motifs is 2. The molecule has 2 aliphatic rings. The molecule has 6 rings (SSSR count). The smallest absolute Gasteiger partial charge is 0.246 e. The van der Waals surface area contributed by atoms with Crippen LogP contribution in [0.1, 0.15) is 76.1 Å². The first kappa shape index (κ1) is 62.5. The van der Waals surface area contributed by atoms with E-state index in [-0.39, 0.29) is 32.2 Å². The summed E-state index contributed by atoms with van der Waals surface area (Å²) < 4.78 is 0. The van der Waals surface area contributed by atoms with Crippen LogP contribution in [-0.2, 0) is 81.6 Å². The average molecular weight is 1150 g/mol. The van der Waals surface area contributed by atoms with Crippen LogP contribution in [0.4, 0.5) is 0 Å². The molecule has 0 radical (unpaired) electrons. The van der Waals surface area contributed by atoms with Crippen molar-refractivity contribution in [3.63, 3.8) is 0 Å². The van der Waals surface area contributed by atoms with Gasteiger partial charge in [-0.2, -0.15) is 0 Å². The van der Waals surface area contributed by atoms with Gasteiger partial charge in [-0.1, -0.05) is 62.4 Å². The number of benzene rings is 2. The molecule has 13 amide bonds. The maximum Gasteiger partial charge on any atom is 0.246 e.